The molecule has 0 saturated carbocycles. The van der Waals surface area contributed by atoms with Crippen LogP contribution in [0.1, 0.15) is 37.4 Å². The zero-order valence-electron chi connectivity index (χ0n) is 24.8. The van der Waals surface area contributed by atoms with Gasteiger partial charge in [-0.15, -0.1) is 0 Å². The van der Waals surface area contributed by atoms with Gasteiger partial charge in [-0.1, -0.05) is 18.2 Å². The summed E-state index contributed by atoms with van der Waals surface area (Å²) in [5.41, 5.74) is -0.864. The van der Waals surface area contributed by atoms with E-state index < -0.39 is 35.8 Å². The molecule has 0 radical (unpaired) electrons. The predicted molar refractivity (Wildman–Crippen MR) is 155 cm³/mol. The molecule has 0 bridgehead atoms. The van der Waals surface area contributed by atoms with E-state index in [0.29, 0.717) is 17.7 Å². The van der Waals surface area contributed by atoms with E-state index in [1.165, 1.54) is 43.3 Å². The number of hydrogen-bond acceptors (Lipinski definition) is 11. The Hall–Kier alpha value is -4.11. The zero-order valence-corrected chi connectivity index (χ0v) is 24.8. The summed E-state index contributed by atoms with van der Waals surface area (Å²) < 4.78 is 21.0. The van der Waals surface area contributed by atoms with Crippen LogP contribution in [0.2, 0.25) is 0 Å². The molecule has 3 rings (SSSR count). The molecular formula is C30H39N3O11. The Kier molecular flexibility index (Phi) is 13.0. The lowest BCUT2D eigenvalue weighted by Crippen LogP contribution is -2.41. The Labute approximate surface area is 255 Å². The van der Waals surface area contributed by atoms with Gasteiger partial charge in [0.2, 0.25) is 0 Å². The lowest BCUT2D eigenvalue weighted by molar-refractivity contribution is -0.164. The number of hydrogen-bond donors (Lipinski definition) is 3. The minimum absolute atomic E-state index is 0.0756. The van der Waals surface area contributed by atoms with Crippen molar-refractivity contribution < 1.29 is 53.1 Å². The summed E-state index contributed by atoms with van der Waals surface area (Å²) in [5.74, 6) is -2.07. The van der Waals surface area contributed by atoms with Crippen LogP contribution in [0, 0.1) is 0 Å². The van der Waals surface area contributed by atoms with Gasteiger partial charge in [0, 0.05) is 31.4 Å². The topological polar surface area (TPSA) is 181 Å². The van der Waals surface area contributed by atoms with Gasteiger partial charge < -0.3 is 34.5 Å². The number of aliphatic hydroxyl groups excluding tert-OH is 1. The summed E-state index contributed by atoms with van der Waals surface area (Å²) in [4.78, 5) is 62.3. The molecule has 0 fully saturated rings. The highest BCUT2D eigenvalue weighted by Gasteiger charge is 2.38. The highest BCUT2D eigenvalue weighted by Crippen LogP contribution is 2.27. The molecule has 4 amide bonds. The van der Waals surface area contributed by atoms with Crippen molar-refractivity contribution in [2.45, 2.75) is 43.5 Å². The fourth-order valence-corrected chi connectivity index (χ4v) is 4.48. The van der Waals surface area contributed by atoms with Crippen molar-refractivity contribution in [3.8, 4) is 0 Å². The van der Waals surface area contributed by atoms with E-state index in [1.54, 1.807) is 24.3 Å². The molecule has 14 heteroatoms. The molecule has 3 N–H and O–H groups in total. The van der Waals surface area contributed by atoms with Gasteiger partial charge in [-0.05, 0) is 49.5 Å². The van der Waals surface area contributed by atoms with Crippen molar-refractivity contribution >= 4 is 35.5 Å². The summed E-state index contributed by atoms with van der Waals surface area (Å²) in [5, 5.41) is 23.6. The second-order valence-electron chi connectivity index (χ2n) is 10.2. The fraction of sp³-hybridized carbons (Fsp3) is 0.500. The molecule has 44 heavy (non-hydrogen) atoms. The lowest BCUT2D eigenvalue weighted by Gasteiger charge is -2.28. The van der Waals surface area contributed by atoms with Crippen molar-refractivity contribution in [1.29, 1.82) is 0 Å². The molecule has 1 aromatic rings. The first-order chi connectivity index (χ1) is 21.1. The Bertz CT molecular complexity index is 1220. The zero-order chi connectivity index (χ0) is 32.1. The van der Waals surface area contributed by atoms with Crippen LogP contribution in [0.4, 0.5) is 10.5 Å². The molecule has 2 aliphatic rings. The summed E-state index contributed by atoms with van der Waals surface area (Å²) in [6.07, 6.45) is 4.07. The lowest BCUT2D eigenvalue weighted by atomic mass is 9.88. The first kappa shape index (κ1) is 34.4. The Morgan fingerprint density at radius 1 is 1.05 bits per heavy atom. The van der Waals surface area contributed by atoms with E-state index in [1.807, 2.05) is 0 Å². The maximum Gasteiger partial charge on any atom is 0.414 e. The third kappa shape index (κ3) is 9.71. The number of carbonyl (C=O) groups excluding carboxylic acids is 5. The number of nitrogens with zero attached hydrogens (tertiary/aromatic N) is 2. The van der Waals surface area contributed by atoms with Crippen molar-refractivity contribution in [1.82, 2.24) is 10.2 Å². The van der Waals surface area contributed by atoms with Gasteiger partial charge in [0.1, 0.15) is 6.10 Å². The molecule has 1 heterocycles. The molecule has 0 saturated heterocycles. The standard InChI is InChI=1S/C30H39N3O11/c1-32(29(39)44-23-5-3-4-13-30(40,14-12-23)28(38)41-2)22-8-6-21(7-9-22)26(36)27(37)31-15-17-42-19-20-43-18-16-33-24(34)10-11-25(33)35/h3,5-11,23,26,36,40H,4,12-20H2,1-2H3,(H,31,37)/b5-3+/t23-,26?,30-/m0/s1. The van der Waals surface area contributed by atoms with E-state index in [0.717, 1.165) is 4.90 Å². The van der Waals surface area contributed by atoms with Gasteiger partial charge >= 0.3 is 12.1 Å². The van der Waals surface area contributed by atoms with Crippen LogP contribution in [0.5, 0.6) is 0 Å². The van der Waals surface area contributed by atoms with Gasteiger partial charge in [-0.25, -0.2) is 9.59 Å². The van der Waals surface area contributed by atoms with Crippen LogP contribution < -0.4 is 10.2 Å². The van der Waals surface area contributed by atoms with Gasteiger partial charge in [0.05, 0.1) is 40.1 Å². The predicted octanol–water partition coefficient (Wildman–Crippen LogP) is 0.770. The third-order valence-corrected chi connectivity index (χ3v) is 7.13. The average Bonchev–Trinajstić information content (AvgIpc) is 3.34. The van der Waals surface area contributed by atoms with Crippen molar-refractivity contribution in [3.63, 3.8) is 0 Å². The highest BCUT2D eigenvalue weighted by molar-refractivity contribution is 6.12. The molecule has 1 unspecified atom stereocenters. The summed E-state index contributed by atoms with van der Waals surface area (Å²) in [6.45, 7) is 1.15. The normalized spacial score (nSPS) is 21.3. The van der Waals surface area contributed by atoms with Crippen LogP contribution in [0.15, 0.2) is 48.6 Å². The molecule has 3 atom stereocenters. The van der Waals surface area contributed by atoms with Crippen molar-refractivity contribution in [3.05, 3.63) is 54.1 Å². The minimum atomic E-state index is -1.64. The molecule has 1 aliphatic heterocycles. The number of ether oxygens (including phenoxy) is 4. The van der Waals surface area contributed by atoms with Crippen molar-refractivity contribution in [2.75, 3.05) is 58.6 Å². The number of nitrogens with one attached hydrogen (secondary N) is 1. The molecule has 1 aliphatic carbocycles. The molecule has 0 aromatic heterocycles. The number of anilines is 1. The van der Waals surface area contributed by atoms with E-state index >= 15 is 0 Å². The van der Waals surface area contributed by atoms with E-state index in [2.05, 4.69) is 5.32 Å². The number of carbonyl (C=O) groups is 5. The van der Waals surface area contributed by atoms with Gasteiger partial charge in [0.25, 0.3) is 17.7 Å². The van der Waals surface area contributed by atoms with E-state index in [-0.39, 0.29) is 70.6 Å². The monoisotopic (exact) mass is 617 g/mol. The van der Waals surface area contributed by atoms with E-state index in [9.17, 15) is 34.2 Å². The first-order valence-corrected chi connectivity index (χ1v) is 14.2. The largest absolute Gasteiger partial charge is 0.467 e. The first-order valence-electron chi connectivity index (χ1n) is 14.2. The quantitative estimate of drug-likeness (QED) is 0.116. The number of aliphatic hydroxyl groups is 2. The van der Waals surface area contributed by atoms with Gasteiger partial charge in [-0.2, -0.15) is 0 Å². The van der Waals surface area contributed by atoms with E-state index in [4.69, 9.17) is 18.9 Å². The minimum Gasteiger partial charge on any atom is -0.467 e. The van der Waals surface area contributed by atoms with Crippen LogP contribution in [-0.2, 0) is 38.1 Å². The number of amides is 4. The summed E-state index contributed by atoms with van der Waals surface area (Å²) >= 11 is 0. The second-order valence-corrected chi connectivity index (χ2v) is 10.2. The number of benzene rings is 1. The fourth-order valence-electron chi connectivity index (χ4n) is 4.48. The molecule has 240 valence electrons. The Morgan fingerprint density at radius 2 is 1.70 bits per heavy atom. The molecule has 0 spiro atoms. The maximum atomic E-state index is 12.8. The number of methoxy groups -OCH3 is 1. The number of imide groups is 1. The molecular weight excluding hydrogens is 578 g/mol. The Morgan fingerprint density at radius 3 is 2.36 bits per heavy atom. The van der Waals surface area contributed by atoms with Gasteiger partial charge in [0.15, 0.2) is 11.7 Å². The van der Waals surface area contributed by atoms with Crippen LogP contribution in [0.3, 0.4) is 0 Å². The van der Waals surface area contributed by atoms with Crippen molar-refractivity contribution in [2.24, 2.45) is 0 Å². The highest BCUT2D eigenvalue weighted by atomic mass is 16.6. The Balaban J connectivity index is 1.34. The SMILES string of the molecule is COC(=O)[C@]1(O)CC/C=C/[C@H](OC(=O)N(C)c2ccc(C(O)C(=O)NCCOCCOCCN3C(=O)C=CC3=O)cc2)CC1. The van der Waals surface area contributed by atoms with Crippen LogP contribution >= 0.6 is 0 Å². The number of allylic oxidation sites excluding steroid dienone is 1. The smallest absolute Gasteiger partial charge is 0.414 e. The second kappa shape index (κ2) is 16.7. The number of rotatable bonds is 14. The van der Waals surface area contributed by atoms with Crippen LogP contribution in [0.25, 0.3) is 0 Å². The summed E-state index contributed by atoms with van der Waals surface area (Å²) in [7, 11) is 2.72. The maximum absolute atomic E-state index is 12.8. The van der Waals surface area contributed by atoms with Crippen LogP contribution in [-0.4, -0.2) is 110 Å². The summed E-state index contributed by atoms with van der Waals surface area (Å²) in [6, 6.07) is 6.16. The third-order valence-electron chi connectivity index (χ3n) is 7.13. The molecule has 1 aromatic carbocycles. The average molecular weight is 618 g/mol. The number of esters is 1. The molecule has 14 nitrogen and oxygen atoms in total. The van der Waals surface area contributed by atoms with Gasteiger partial charge in [-0.3, -0.25) is 24.2 Å².